The average molecular weight is 2060 g/mol. The summed E-state index contributed by atoms with van der Waals surface area (Å²) in [5.41, 5.74) is 71.5. The molecule has 0 unspecified atom stereocenters. The number of carbonyl (C=O) groups excluding carboxylic acids is 21. The van der Waals surface area contributed by atoms with Gasteiger partial charge in [0.2, 0.25) is 124 Å². The Balaban J connectivity index is 7.66. The first-order valence-corrected chi connectivity index (χ1v) is 51.2. The number of nitrogens with one attached hydrogen (secondary N) is 17. The number of rotatable bonds is 85. The van der Waals surface area contributed by atoms with Crippen molar-refractivity contribution >= 4 is 124 Å². The Hall–Kier alpha value is -11.5. The molecular formula is C94H178N30O21. The number of hydrogen-bond donors (Lipinski definition) is 30. The van der Waals surface area contributed by atoms with Crippen molar-refractivity contribution < 1.29 is 101 Å². The van der Waals surface area contributed by atoms with Crippen LogP contribution >= 0.6 is 0 Å². The Morgan fingerprint density at radius 3 is 0.593 bits per heavy atom. The molecule has 0 saturated heterocycles. The number of hydrazine groups is 1. The third-order valence-electron chi connectivity index (χ3n) is 23.4. The summed E-state index contributed by atoms with van der Waals surface area (Å²) < 4.78 is 0. The molecule has 830 valence electrons. The summed E-state index contributed by atoms with van der Waals surface area (Å²) in [6.07, 6.45) is 1.73. The van der Waals surface area contributed by atoms with Crippen molar-refractivity contribution in [2.24, 2.45) is 98.3 Å². The van der Waals surface area contributed by atoms with Crippen LogP contribution in [0.5, 0.6) is 0 Å². The largest absolute Gasteiger partial charge is 0.370 e. The molecular weight excluding hydrogens is 1890 g/mol. The molecule has 51 nitrogen and oxygen atoms in total. The van der Waals surface area contributed by atoms with E-state index in [1.165, 1.54) is 0 Å². The Morgan fingerprint density at radius 2 is 0.393 bits per heavy atom. The number of hydrogen-bond acceptors (Lipinski definition) is 30. The first-order chi connectivity index (χ1) is 68.6. The summed E-state index contributed by atoms with van der Waals surface area (Å²) in [4.78, 5) is 292. The number of amides is 21. The molecule has 0 radical (unpaired) electrons. The van der Waals surface area contributed by atoms with Crippen LogP contribution in [0.2, 0.25) is 0 Å². The highest BCUT2D eigenvalue weighted by molar-refractivity contribution is 6.01. The lowest BCUT2D eigenvalue weighted by Gasteiger charge is -2.29. The van der Waals surface area contributed by atoms with E-state index in [0.717, 1.165) is 0 Å². The first-order valence-electron chi connectivity index (χ1n) is 51.2. The van der Waals surface area contributed by atoms with Crippen LogP contribution in [0.15, 0.2) is 0 Å². The minimum Gasteiger partial charge on any atom is -0.370 e. The number of nitrogens with two attached hydrogens (primary N) is 13. The van der Waals surface area contributed by atoms with Crippen molar-refractivity contribution in [2.75, 3.05) is 58.9 Å². The first kappa shape index (κ1) is 134. The molecule has 0 aliphatic rings. The van der Waals surface area contributed by atoms with Gasteiger partial charge in [-0.2, -0.15) is 0 Å². The van der Waals surface area contributed by atoms with E-state index in [4.69, 9.17) is 74.6 Å². The van der Waals surface area contributed by atoms with Crippen molar-refractivity contribution in [1.82, 2.24) is 90.5 Å². The molecule has 0 heterocycles. The summed E-state index contributed by atoms with van der Waals surface area (Å²) in [6, 6.07) is -21.9. The lowest BCUT2D eigenvalue weighted by atomic mass is 9.98. The van der Waals surface area contributed by atoms with Crippen molar-refractivity contribution in [2.45, 2.75) is 384 Å². The maximum atomic E-state index is 14.9. The normalized spacial score (nSPS) is 14.4. The maximum Gasteiger partial charge on any atom is 0.243 e. The van der Waals surface area contributed by atoms with Crippen LogP contribution in [0.1, 0.15) is 293 Å². The molecule has 15 atom stereocenters. The zero-order valence-electron chi connectivity index (χ0n) is 86.6. The molecule has 0 bridgehead atoms. The van der Waals surface area contributed by atoms with Gasteiger partial charge in [-0.05, 0) is 269 Å². The van der Waals surface area contributed by atoms with Gasteiger partial charge in [-0.25, -0.2) is 5.84 Å². The van der Waals surface area contributed by atoms with E-state index >= 15 is 0 Å². The van der Waals surface area contributed by atoms with E-state index in [-0.39, 0.29) is 185 Å². The van der Waals surface area contributed by atoms with Gasteiger partial charge in [0.05, 0.1) is 12.6 Å². The van der Waals surface area contributed by atoms with Crippen LogP contribution < -0.4 is 165 Å². The van der Waals surface area contributed by atoms with Crippen LogP contribution in [-0.4, -0.2) is 274 Å². The van der Waals surface area contributed by atoms with Gasteiger partial charge in [0.25, 0.3) is 0 Å². The summed E-state index contributed by atoms with van der Waals surface area (Å²) >= 11 is 0. The SMILES string of the molecule is CC(C)C[C@H](NC(=O)[C@H](CCCCN)NC(=O)[C@H](CCC(N)=O)NC(=O)[C@H](CCC(N)=O)NC(=O)[C@H](CCCCN)NC(=O)[C@H](CCCCN)NC(=O)[C@H](CCC(N)=O)NC(=O)[C@H](CCC(N)=O)NC(=O)[C@H](CCCCN)NC(=O)[C@H](CC(C)C)NC(=O)[C@H](CC(C)C)NC(=O)[C@H](CCCCN)NC(=O)[C@H](CCCCN)NC(=O)[C@@H](N)CC(C)C)C(=O)N[C@@H](CCCCN)C(=O)NCC(=O)NCCCCCC(=O)NN. The summed E-state index contributed by atoms with van der Waals surface area (Å²) in [7, 11) is 0. The summed E-state index contributed by atoms with van der Waals surface area (Å²) in [5.74, 6) is -14.2. The molecule has 0 aromatic rings. The molecule has 0 aromatic heterocycles. The second-order valence-electron chi connectivity index (χ2n) is 38.4. The molecule has 43 N–H and O–H groups in total. The quantitative estimate of drug-likeness (QED) is 0.0116. The van der Waals surface area contributed by atoms with Crippen molar-refractivity contribution in [3.63, 3.8) is 0 Å². The van der Waals surface area contributed by atoms with Gasteiger partial charge in [-0.3, -0.25) is 106 Å². The van der Waals surface area contributed by atoms with E-state index < -0.39 is 267 Å². The molecule has 0 spiro atoms. The van der Waals surface area contributed by atoms with E-state index in [1.54, 1.807) is 41.5 Å². The zero-order chi connectivity index (χ0) is 110. The second-order valence-corrected chi connectivity index (χ2v) is 38.4. The van der Waals surface area contributed by atoms with Gasteiger partial charge < -0.3 is 154 Å². The topological polar surface area (TPSA) is 901 Å². The fourth-order valence-electron chi connectivity index (χ4n) is 15.3. The van der Waals surface area contributed by atoms with Crippen molar-refractivity contribution in [3.8, 4) is 0 Å². The van der Waals surface area contributed by atoms with Gasteiger partial charge in [0.15, 0.2) is 0 Å². The molecule has 21 amide bonds. The monoisotopic (exact) mass is 2060 g/mol. The molecule has 0 aliphatic heterocycles. The summed E-state index contributed by atoms with van der Waals surface area (Å²) in [6.45, 7) is 15.4. The molecule has 145 heavy (non-hydrogen) atoms. The third kappa shape index (κ3) is 61.5. The lowest BCUT2D eigenvalue weighted by molar-refractivity contribution is -0.137. The minimum atomic E-state index is -1.80. The zero-order valence-corrected chi connectivity index (χ0v) is 86.6. The van der Waals surface area contributed by atoms with Crippen LogP contribution in [0.3, 0.4) is 0 Å². The number of unbranched alkanes of at least 4 members (excludes halogenated alkanes) is 9. The third-order valence-corrected chi connectivity index (χ3v) is 23.4. The highest BCUT2D eigenvalue weighted by Crippen LogP contribution is 2.19. The van der Waals surface area contributed by atoms with E-state index in [9.17, 15) is 101 Å². The smallest absolute Gasteiger partial charge is 0.243 e. The fourth-order valence-corrected chi connectivity index (χ4v) is 15.3. The van der Waals surface area contributed by atoms with Gasteiger partial charge >= 0.3 is 0 Å². The Morgan fingerprint density at radius 1 is 0.200 bits per heavy atom. The maximum absolute atomic E-state index is 14.9. The highest BCUT2D eigenvalue weighted by atomic mass is 16.2. The predicted octanol–water partition coefficient (Wildman–Crippen LogP) is -6.97. The highest BCUT2D eigenvalue weighted by Gasteiger charge is 2.40. The van der Waals surface area contributed by atoms with Crippen LogP contribution in [0.4, 0.5) is 0 Å². The van der Waals surface area contributed by atoms with Gasteiger partial charge in [0, 0.05) is 38.6 Å². The fraction of sp³-hybridized carbons (Fsp3) is 0.777. The molecule has 0 fully saturated rings. The Bertz CT molecular complexity index is 3990. The van der Waals surface area contributed by atoms with Crippen LogP contribution in [0, 0.1) is 23.7 Å². The van der Waals surface area contributed by atoms with Crippen molar-refractivity contribution in [1.29, 1.82) is 0 Å². The van der Waals surface area contributed by atoms with E-state index in [0.29, 0.717) is 83.6 Å². The number of carbonyl (C=O) groups is 21. The average Bonchev–Trinajstić information content (AvgIpc) is 0.956. The van der Waals surface area contributed by atoms with E-state index in [1.807, 2.05) is 19.3 Å². The minimum absolute atomic E-state index is 0.00475. The Kier molecular flexibility index (Phi) is 71.7. The predicted molar refractivity (Wildman–Crippen MR) is 544 cm³/mol. The van der Waals surface area contributed by atoms with Crippen LogP contribution in [0.25, 0.3) is 0 Å². The lowest BCUT2D eigenvalue weighted by Crippen LogP contribution is -2.61. The molecule has 0 aliphatic carbocycles. The van der Waals surface area contributed by atoms with E-state index in [2.05, 4.69) is 85.1 Å². The second kappa shape index (κ2) is 77.9. The van der Waals surface area contributed by atoms with Gasteiger partial charge in [-0.15, -0.1) is 0 Å². The molecule has 51 heteroatoms. The van der Waals surface area contributed by atoms with Gasteiger partial charge in [-0.1, -0.05) is 61.8 Å². The summed E-state index contributed by atoms with van der Waals surface area (Å²) in [5, 5.41) is 42.1. The van der Waals surface area contributed by atoms with Crippen molar-refractivity contribution in [3.05, 3.63) is 0 Å². The number of primary amides is 4. The standard InChI is InChI=1S/C94H178N30O21/c1-55(2)50-59(102)80(131)110-61(27-12-19-43-96)82(133)113-65(31-16-23-47-100)86(137)122-73(53-58(7)8)94(145)123-72(52-57(5)6)93(144)116-64(30-15-22-46-99)85(136)118-70(37-41-77(106)128)91(142)119-67(34-38-74(103)125)88(139)114-62(28-13-20-44-97)83(134)112-63(29-14-21-45-98)84(135)117-69(36-40-76(105)127)90(141)120-68(35-39-75(104)126)89(140)115-66(32-17-24-48-101)87(138)121-71(51-56(3)4)92(143)111-60(26-11-18-42-95)81(132)109-54-79(130)108-49-25-9-10-33-78(129)124-107/h55-73H,9-54,95-102,107H2,1-8H3,(H2,103,125)(H2,104,126)(H2,105,127)(H2,106,128)(H,108,130)(H,109,132)(H,110,131)(H,111,143)(H,112,134)(H,113,133)(H,114,139)(H,115,140)(H,116,144)(H,117,135)(H,118,136)(H,119,142)(H,120,141)(H,121,138)(H,122,137)(H,123,145)(H,124,129)/t59-,60-,61-,62-,63-,64-,65-,66-,67-,68-,69-,70-,71-,72-,73-/m0/s1. The van der Waals surface area contributed by atoms with Gasteiger partial charge in [0.1, 0.15) is 84.6 Å². The Labute approximate surface area is 852 Å². The molecule has 0 aromatic carbocycles. The molecule has 0 saturated carbocycles. The molecule has 0 rings (SSSR count). The van der Waals surface area contributed by atoms with Crippen LogP contribution in [-0.2, 0) is 101 Å².